The van der Waals surface area contributed by atoms with E-state index in [2.05, 4.69) is 40.6 Å². The summed E-state index contributed by atoms with van der Waals surface area (Å²) in [5, 5.41) is 13.5. The van der Waals surface area contributed by atoms with Crippen LogP contribution in [0.25, 0.3) is 16.5 Å². The first-order valence-corrected chi connectivity index (χ1v) is 11.9. The zero-order valence-electron chi connectivity index (χ0n) is 18.1. The topological polar surface area (TPSA) is 88.0 Å². The summed E-state index contributed by atoms with van der Waals surface area (Å²) in [7, 11) is 0. The van der Waals surface area contributed by atoms with Crippen LogP contribution in [-0.4, -0.2) is 56.7 Å². The van der Waals surface area contributed by atoms with Crippen molar-refractivity contribution < 1.29 is 19.4 Å². The zero-order chi connectivity index (χ0) is 23.1. The van der Waals surface area contributed by atoms with Gasteiger partial charge in [-0.3, -0.25) is 4.79 Å². The van der Waals surface area contributed by atoms with Crippen LogP contribution in [0, 0.1) is 0 Å². The Hall–Kier alpha value is -2.58. The number of amides is 1. The van der Waals surface area contributed by atoms with E-state index in [-0.39, 0.29) is 5.91 Å². The second-order valence-corrected chi connectivity index (χ2v) is 9.14. The number of carboxylic acid groups (broad SMARTS) is 1. The van der Waals surface area contributed by atoms with E-state index in [4.69, 9.17) is 14.6 Å². The molecule has 8 heteroatoms. The van der Waals surface area contributed by atoms with Gasteiger partial charge in [0.25, 0.3) is 5.97 Å². The fourth-order valence-electron chi connectivity index (χ4n) is 3.02. The predicted molar refractivity (Wildman–Crippen MR) is 131 cm³/mol. The molecular weight excluding hydrogens is 435 g/mol. The third-order valence-corrected chi connectivity index (χ3v) is 6.02. The summed E-state index contributed by atoms with van der Waals surface area (Å²) in [4.78, 5) is 26.3. The number of anilines is 1. The standard InChI is InChI=1S/C22H17N2O2S.C2H4O2.Na/c1-2-26-19(17-13-12-15-8-6-7-9-16(15)14-17)20-21(25)24-22(27-20)23-18-10-4-3-5-11-18;1-2(3)4;/h4-14H,2H2,1H3,(H,23,24,25);1H3,(H,3,4);. The van der Waals surface area contributed by atoms with E-state index in [1.54, 1.807) is 0 Å². The molecule has 0 atom stereocenters. The van der Waals surface area contributed by atoms with E-state index in [1.807, 2.05) is 43.3 Å². The number of nitrogens with zero attached hydrogens (tertiary/aromatic N) is 1. The number of aliphatic imine (C=N–C) groups is 1. The summed E-state index contributed by atoms with van der Waals surface area (Å²) < 4.78 is 7.20. The van der Waals surface area contributed by atoms with Crippen LogP contribution in [0.4, 0.5) is 5.69 Å². The Morgan fingerprint density at radius 3 is 2.41 bits per heavy atom. The summed E-state index contributed by atoms with van der Waals surface area (Å²) in [5.41, 5.74) is 1.80. The molecule has 1 amide bonds. The summed E-state index contributed by atoms with van der Waals surface area (Å²) in [5.74, 6) is -0.526. The maximum absolute atomic E-state index is 12.6. The molecule has 4 rings (SSSR count). The first-order valence-electron chi connectivity index (χ1n) is 10.1. The van der Waals surface area contributed by atoms with Gasteiger partial charge in [-0.25, -0.2) is 0 Å². The van der Waals surface area contributed by atoms with Gasteiger partial charge < -0.3 is 5.11 Å². The Bertz CT molecular complexity index is 1200. The fraction of sp³-hybridized carbons (Fsp3) is 0.125. The summed E-state index contributed by atoms with van der Waals surface area (Å²) in [6.07, 6.45) is 0. The number of carbonyl (C=O) groups is 2. The second-order valence-electron chi connectivity index (χ2n) is 6.99. The average Bonchev–Trinajstić information content (AvgIpc) is 3.12. The van der Waals surface area contributed by atoms with Crippen molar-refractivity contribution >= 4 is 81.8 Å². The van der Waals surface area contributed by atoms with Crippen molar-refractivity contribution in [3.05, 3.63) is 77.2 Å². The van der Waals surface area contributed by atoms with Crippen LogP contribution in [0.5, 0.6) is 0 Å². The zero-order valence-corrected chi connectivity index (χ0v) is 20.9. The molecule has 0 saturated carbocycles. The van der Waals surface area contributed by atoms with Crippen molar-refractivity contribution in [3.63, 3.8) is 0 Å². The van der Waals surface area contributed by atoms with Gasteiger partial charge in [-0.05, 0) is 5.39 Å². The SMILES string of the molecule is CC(=O)O.CCOC(=C1SC(Nc2cc[c]([Na])cc2)=NC1=O)c1ccc2ccccc2c1. The molecule has 0 unspecified atom stereocenters. The predicted octanol–water partition coefficient (Wildman–Crippen LogP) is 4.17. The maximum atomic E-state index is 12.6. The Morgan fingerprint density at radius 2 is 1.75 bits per heavy atom. The van der Waals surface area contributed by atoms with Gasteiger partial charge in [0.2, 0.25) is 0 Å². The van der Waals surface area contributed by atoms with Crippen LogP contribution in [0.2, 0.25) is 0 Å². The fourth-order valence-corrected chi connectivity index (χ4v) is 4.24. The van der Waals surface area contributed by atoms with Gasteiger partial charge in [-0.2, -0.15) is 0 Å². The number of benzene rings is 3. The second kappa shape index (κ2) is 11.3. The number of hydrogen-bond donors (Lipinski definition) is 2. The van der Waals surface area contributed by atoms with E-state index in [1.165, 1.54) is 14.6 Å². The van der Waals surface area contributed by atoms with Crippen molar-refractivity contribution in [2.45, 2.75) is 13.8 Å². The summed E-state index contributed by atoms with van der Waals surface area (Å²) in [6.45, 7) is 3.48. The van der Waals surface area contributed by atoms with E-state index in [9.17, 15) is 4.79 Å². The minimum atomic E-state index is -0.833. The molecule has 2 N–H and O–H groups in total. The molecule has 0 radical (unpaired) electrons. The Kier molecular flexibility index (Phi) is 8.53. The number of nitrogens with one attached hydrogen (secondary N) is 1. The van der Waals surface area contributed by atoms with E-state index < -0.39 is 5.97 Å². The van der Waals surface area contributed by atoms with Crippen LogP contribution < -0.4 is 8.13 Å². The molecule has 32 heavy (non-hydrogen) atoms. The number of rotatable bonds is 4. The molecule has 3 aromatic rings. The molecule has 158 valence electrons. The molecule has 6 nitrogen and oxygen atoms in total. The number of fused-ring (bicyclic) bond motifs is 1. The van der Waals surface area contributed by atoms with Gasteiger partial charge >= 0.3 is 157 Å². The number of hydrogen-bond acceptors (Lipinski definition) is 5. The number of aliphatic carboxylic acids is 1. The number of amidine groups is 1. The quantitative estimate of drug-likeness (QED) is 0.348. The van der Waals surface area contributed by atoms with Crippen LogP contribution >= 0.6 is 11.8 Å². The molecule has 1 heterocycles. The van der Waals surface area contributed by atoms with E-state index in [0.29, 0.717) is 22.4 Å². The van der Waals surface area contributed by atoms with Gasteiger partial charge in [0.15, 0.2) is 0 Å². The van der Waals surface area contributed by atoms with Crippen molar-refractivity contribution in [1.82, 2.24) is 0 Å². The number of ether oxygens (including phenoxy) is 1. The molecule has 1 aliphatic heterocycles. The molecule has 0 aromatic heterocycles. The van der Waals surface area contributed by atoms with Crippen molar-refractivity contribution in [2.75, 3.05) is 11.9 Å². The van der Waals surface area contributed by atoms with E-state index in [0.717, 1.165) is 56.9 Å². The molecule has 0 aliphatic carbocycles. The monoisotopic (exact) mass is 456 g/mol. The van der Waals surface area contributed by atoms with Gasteiger partial charge in [-0.1, -0.05) is 24.3 Å². The summed E-state index contributed by atoms with van der Waals surface area (Å²) in [6, 6.07) is 22.4. The first kappa shape index (κ1) is 24.1. The van der Waals surface area contributed by atoms with Gasteiger partial charge in [0, 0.05) is 6.92 Å². The van der Waals surface area contributed by atoms with Gasteiger partial charge in [-0.15, -0.1) is 0 Å². The summed E-state index contributed by atoms with van der Waals surface area (Å²) >= 11 is 2.33. The average molecular weight is 456 g/mol. The number of thioether (sulfide) groups is 1. The van der Waals surface area contributed by atoms with E-state index >= 15 is 0 Å². The third kappa shape index (κ3) is 6.46. The molecule has 0 bridgehead atoms. The minimum absolute atomic E-state index is 0.274. The van der Waals surface area contributed by atoms with Gasteiger partial charge in [0.05, 0.1) is 0 Å². The van der Waals surface area contributed by atoms with Crippen molar-refractivity contribution in [3.8, 4) is 0 Å². The Balaban J connectivity index is 0.000000668. The molecule has 1 aliphatic rings. The Labute approximate surface area is 208 Å². The Morgan fingerprint density at radius 1 is 1.09 bits per heavy atom. The number of carbonyl (C=O) groups excluding carboxylic acids is 1. The van der Waals surface area contributed by atoms with Crippen molar-refractivity contribution in [1.29, 1.82) is 0 Å². The normalized spacial score (nSPS) is 14.4. The molecule has 0 saturated heterocycles. The van der Waals surface area contributed by atoms with Crippen LogP contribution in [0.1, 0.15) is 19.4 Å². The first-order chi connectivity index (χ1) is 15.4. The van der Waals surface area contributed by atoms with Crippen LogP contribution in [-0.2, 0) is 14.3 Å². The van der Waals surface area contributed by atoms with Crippen LogP contribution in [0.3, 0.4) is 0 Å². The number of carboxylic acids is 1. The molecule has 0 spiro atoms. The van der Waals surface area contributed by atoms with Crippen LogP contribution in [0.15, 0.2) is 76.6 Å². The third-order valence-electron chi connectivity index (χ3n) is 4.41. The molecular formula is C24H21N2NaO4S. The van der Waals surface area contributed by atoms with Gasteiger partial charge in [0.1, 0.15) is 0 Å². The van der Waals surface area contributed by atoms with Crippen molar-refractivity contribution in [2.24, 2.45) is 4.99 Å². The molecule has 3 aromatic carbocycles. The molecule has 0 fully saturated rings.